The molecule has 0 radical (unpaired) electrons. The van der Waals surface area contributed by atoms with Crippen LogP contribution in [-0.2, 0) is 42.9 Å². The summed E-state index contributed by atoms with van der Waals surface area (Å²) in [6, 6.07) is 4.13. The van der Waals surface area contributed by atoms with Crippen molar-refractivity contribution in [2.75, 3.05) is 6.61 Å². The van der Waals surface area contributed by atoms with E-state index < -0.39 is 66.5 Å². The summed E-state index contributed by atoms with van der Waals surface area (Å²) in [6.07, 6.45) is -5.55. The van der Waals surface area contributed by atoms with E-state index in [1.165, 1.54) is 19.1 Å². The summed E-state index contributed by atoms with van der Waals surface area (Å²) >= 11 is 1.92. The first-order valence-corrected chi connectivity index (χ1v) is 10.9. The largest absolute Gasteiger partial charge is 0.463 e. The molecule has 0 spiro atoms. The molecule has 0 unspecified atom stereocenters. The van der Waals surface area contributed by atoms with E-state index in [1.54, 1.807) is 6.07 Å². The second-order valence-electron chi connectivity index (χ2n) is 7.38. The Bertz CT molecular complexity index is 922. The maximum absolute atomic E-state index is 14.5. The fraction of sp³-hybridized carbons (Fsp3) is 0.524. The monoisotopic (exact) mass is 582 g/mol. The van der Waals surface area contributed by atoms with Crippen LogP contribution in [-0.4, -0.2) is 60.7 Å². The average molecular weight is 582 g/mol. The van der Waals surface area contributed by atoms with E-state index in [0.717, 1.165) is 27.7 Å². The molecule has 2 rings (SSSR count). The number of benzene rings is 1. The lowest BCUT2D eigenvalue weighted by Gasteiger charge is -2.49. The molecule has 1 aromatic carbocycles. The summed E-state index contributed by atoms with van der Waals surface area (Å²) in [4.78, 5) is 47.0. The molecule has 12 heteroatoms. The van der Waals surface area contributed by atoms with Gasteiger partial charge in [0.15, 0.2) is 23.8 Å². The first-order chi connectivity index (χ1) is 15.3. The summed E-state index contributed by atoms with van der Waals surface area (Å²) < 4.78 is 47.8. The summed E-state index contributed by atoms with van der Waals surface area (Å²) in [5, 5.41) is 0. The van der Waals surface area contributed by atoms with Crippen LogP contribution in [0.1, 0.15) is 34.6 Å². The normalized spacial score (nSPS) is 26.6. The van der Waals surface area contributed by atoms with Gasteiger partial charge in [0.1, 0.15) is 12.7 Å². The van der Waals surface area contributed by atoms with Gasteiger partial charge >= 0.3 is 23.9 Å². The first-order valence-electron chi connectivity index (χ1n) is 9.78. The van der Waals surface area contributed by atoms with Gasteiger partial charge in [-0.2, -0.15) is 0 Å². The molecule has 1 heterocycles. The Kier molecular flexibility index (Phi) is 9.00. The van der Waals surface area contributed by atoms with Crippen LogP contribution in [0.2, 0.25) is 0 Å². The predicted octanol–water partition coefficient (Wildman–Crippen LogP) is 2.28. The van der Waals surface area contributed by atoms with Gasteiger partial charge in [-0.15, -0.1) is 0 Å². The molecule has 1 fully saturated rings. The second-order valence-corrected chi connectivity index (χ2v) is 8.63. The average Bonchev–Trinajstić information content (AvgIpc) is 2.66. The van der Waals surface area contributed by atoms with E-state index in [1.807, 2.05) is 22.6 Å². The highest BCUT2D eigenvalue weighted by Gasteiger charge is 2.61. The topological polar surface area (TPSA) is 124 Å². The van der Waals surface area contributed by atoms with Gasteiger partial charge in [-0.05, 0) is 47.7 Å². The van der Waals surface area contributed by atoms with Crippen molar-refractivity contribution in [3.63, 3.8) is 0 Å². The quantitative estimate of drug-likeness (QED) is 0.269. The van der Waals surface area contributed by atoms with Gasteiger partial charge in [0.2, 0.25) is 11.9 Å². The summed E-state index contributed by atoms with van der Waals surface area (Å²) in [6.45, 7) is 5.38. The van der Waals surface area contributed by atoms with E-state index in [9.17, 15) is 23.6 Å². The van der Waals surface area contributed by atoms with Gasteiger partial charge < -0.3 is 28.4 Å². The second kappa shape index (κ2) is 11.1. The predicted molar refractivity (Wildman–Crippen MR) is 116 cm³/mol. The third-order valence-electron chi connectivity index (χ3n) is 4.53. The van der Waals surface area contributed by atoms with Gasteiger partial charge in [-0.1, -0.05) is 0 Å². The van der Waals surface area contributed by atoms with E-state index in [0.29, 0.717) is 3.57 Å². The number of hydrogen-bond donors (Lipinski definition) is 0. The van der Waals surface area contributed by atoms with Gasteiger partial charge in [-0.3, -0.25) is 19.2 Å². The van der Waals surface area contributed by atoms with Gasteiger partial charge in [0.05, 0.1) is 0 Å². The highest BCUT2D eigenvalue weighted by molar-refractivity contribution is 14.1. The van der Waals surface area contributed by atoms with Crippen LogP contribution in [0.25, 0.3) is 0 Å². The fourth-order valence-electron chi connectivity index (χ4n) is 3.30. The number of halogens is 2. The Morgan fingerprint density at radius 2 is 1.67 bits per heavy atom. The van der Waals surface area contributed by atoms with Crippen molar-refractivity contribution in [2.45, 2.75) is 64.8 Å². The zero-order valence-electron chi connectivity index (χ0n) is 18.6. The zero-order chi connectivity index (χ0) is 24.9. The van der Waals surface area contributed by atoms with Crippen LogP contribution in [0.4, 0.5) is 4.39 Å². The lowest BCUT2D eigenvalue weighted by atomic mass is 9.87. The molecule has 0 saturated carbocycles. The van der Waals surface area contributed by atoms with Crippen molar-refractivity contribution in [3.05, 3.63) is 27.6 Å². The van der Waals surface area contributed by atoms with E-state index in [-0.39, 0.29) is 5.75 Å². The molecular weight excluding hydrogens is 558 g/mol. The van der Waals surface area contributed by atoms with Crippen LogP contribution in [0.3, 0.4) is 0 Å². The maximum atomic E-state index is 14.5. The fourth-order valence-corrected chi connectivity index (χ4v) is 3.75. The molecule has 0 aromatic heterocycles. The number of hydrogen-bond acceptors (Lipinski definition) is 10. The summed E-state index contributed by atoms with van der Waals surface area (Å²) in [5.41, 5.74) is -1.89. The van der Waals surface area contributed by atoms with Crippen molar-refractivity contribution in [1.82, 2.24) is 0 Å². The minimum Gasteiger partial charge on any atom is -0.463 e. The van der Waals surface area contributed by atoms with Crippen molar-refractivity contribution >= 4 is 46.5 Å². The van der Waals surface area contributed by atoms with Gasteiger partial charge in [-0.25, -0.2) is 4.39 Å². The third-order valence-corrected chi connectivity index (χ3v) is 5.20. The molecular formula is C21H24FIO10. The third kappa shape index (κ3) is 7.00. The van der Waals surface area contributed by atoms with Crippen molar-refractivity contribution < 1.29 is 52.0 Å². The highest BCUT2D eigenvalue weighted by atomic mass is 127. The van der Waals surface area contributed by atoms with Gasteiger partial charge in [0, 0.05) is 31.3 Å². The molecule has 1 saturated heterocycles. The Morgan fingerprint density at radius 1 is 1.03 bits per heavy atom. The Hall–Kier alpha value is -2.48. The number of carbonyl (C=O) groups is 4. The Labute approximate surface area is 203 Å². The molecule has 1 aliphatic heterocycles. The number of ether oxygens (including phenoxy) is 6. The minimum atomic E-state index is -1.89. The standard InChI is InChI=1S/C21H24FIO10/c1-10(24)28-9-17-18(29-11(2)25)19(30-12(3)26)21(5,33-13(4)27)20(32-17)31-16-7-6-14(23)8-15(16)22/h6-8,17-20H,9H2,1-5H3/t17-,18-,19+,20+,21+/m1/s1. The molecule has 5 atom stereocenters. The molecule has 0 N–H and O–H groups in total. The van der Waals surface area contributed by atoms with E-state index in [2.05, 4.69) is 0 Å². The van der Waals surface area contributed by atoms with E-state index >= 15 is 0 Å². The molecule has 0 bridgehead atoms. The number of esters is 4. The smallest absolute Gasteiger partial charge is 0.303 e. The number of carbonyl (C=O) groups excluding carboxylic acids is 4. The number of rotatable bonds is 7. The first kappa shape index (κ1) is 26.8. The maximum Gasteiger partial charge on any atom is 0.303 e. The molecule has 10 nitrogen and oxygen atoms in total. The molecule has 182 valence electrons. The molecule has 0 amide bonds. The van der Waals surface area contributed by atoms with Crippen LogP contribution in [0, 0.1) is 9.39 Å². The molecule has 33 heavy (non-hydrogen) atoms. The molecule has 1 aliphatic rings. The lowest BCUT2D eigenvalue weighted by molar-refractivity contribution is -0.321. The van der Waals surface area contributed by atoms with Crippen LogP contribution in [0.5, 0.6) is 5.75 Å². The summed E-state index contributed by atoms with van der Waals surface area (Å²) in [5.74, 6) is -3.96. The molecule has 1 aromatic rings. The van der Waals surface area contributed by atoms with Crippen LogP contribution >= 0.6 is 22.6 Å². The van der Waals surface area contributed by atoms with Crippen LogP contribution < -0.4 is 4.74 Å². The van der Waals surface area contributed by atoms with Gasteiger partial charge in [0.25, 0.3) is 0 Å². The van der Waals surface area contributed by atoms with Crippen molar-refractivity contribution in [2.24, 2.45) is 0 Å². The Morgan fingerprint density at radius 3 is 2.18 bits per heavy atom. The SMILES string of the molecule is CC(=O)OC[C@H]1O[C@H](Oc2ccc(I)cc2F)[C@@](C)(OC(C)=O)[C@@H](OC(C)=O)[C@@H]1OC(C)=O. The highest BCUT2D eigenvalue weighted by Crippen LogP contribution is 2.38. The Balaban J connectivity index is 2.57. The van der Waals surface area contributed by atoms with E-state index in [4.69, 9.17) is 28.4 Å². The molecule has 0 aliphatic carbocycles. The van der Waals surface area contributed by atoms with Crippen LogP contribution in [0.15, 0.2) is 18.2 Å². The van der Waals surface area contributed by atoms with Crippen molar-refractivity contribution in [1.29, 1.82) is 0 Å². The summed E-state index contributed by atoms with van der Waals surface area (Å²) in [7, 11) is 0. The van der Waals surface area contributed by atoms with Crippen molar-refractivity contribution in [3.8, 4) is 5.75 Å². The lowest BCUT2D eigenvalue weighted by Crippen LogP contribution is -2.70. The minimum absolute atomic E-state index is 0.238. The zero-order valence-corrected chi connectivity index (χ0v) is 20.7.